The van der Waals surface area contributed by atoms with Crippen LogP contribution in [0.2, 0.25) is 4.47 Å². The van der Waals surface area contributed by atoms with Crippen LogP contribution in [-0.2, 0) is 16.6 Å². The van der Waals surface area contributed by atoms with Crippen molar-refractivity contribution in [2.24, 2.45) is 10.7 Å². The molecule has 0 spiro atoms. The van der Waals surface area contributed by atoms with Gasteiger partial charge in [-0.3, -0.25) is 4.72 Å². The molecule has 1 aliphatic heterocycles. The minimum absolute atomic E-state index is 0.113. The van der Waals surface area contributed by atoms with E-state index < -0.39 is 16.2 Å². The molecule has 3 heterocycles. The monoisotopic (exact) mass is 515 g/mol. The molecule has 34 heavy (non-hydrogen) atoms. The second kappa shape index (κ2) is 9.11. The lowest BCUT2D eigenvalue weighted by molar-refractivity contribution is 0.309. The van der Waals surface area contributed by atoms with Gasteiger partial charge in [0.05, 0.1) is 21.6 Å². The molecule has 0 bridgehead atoms. The van der Waals surface area contributed by atoms with Crippen molar-refractivity contribution in [1.82, 2.24) is 4.98 Å². The third-order valence-electron chi connectivity index (χ3n) is 5.05. The molecule has 1 aliphatic rings. The smallest absolute Gasteiger partial charge is 0.261 e. The van der Waals surface area contributed by atoms with E-state index in [1.807, 2.05) is 0 Å². The Labute approximate surface area is 204 Å². The number of rotatable bonds is 7. The van der Waals surface area contributed by atoms with E-state index in [0.29, 0.717) is 28.4 Å². The number of ether oxygens (including phenoxy) is 1. The van der Waals surface area contributed by atoms with Gasteiger partial charge in [0, 0.05) is 17.6 Å². The Morgan fingerprint density at radius 2 is 1.91 bits per heavy atom. The lowest BCUT2D eigenvalue weighted by atomic mass is 10.2. The number of thiazole rings is 1. The number of hydrogen-bond acceptors (Lipinski definition) is 9. The molecule has 1 atom stereocenters. The summed E-state index contributed by atoms with van der Waals surface area (Å²) >= 11 is 7.13. The van der Waals surface area contributed by atoms with Crippen molar-refractivity contribution in [2.45, 2.75) is 17.7 Å². The van der Waals surface area contributed by atoms with E-state index in [1.54, 1.807) is 66.2 Å². The molecule has 0 radical (unpaired) electrons. The largest absolute Gasteiger partial charge is 0.488 e. The van der Waals surface area contributed by atoms with Crippen LogP contribution in [0.4, 0.5) is 17.3 Å². The molecule has 4 aromatic rings. The summed E-state index contributed by atoms with van der Waals surface area (Å²) in [6.07, 6.45) is 4.31. The van der Waals surface area contributed by atoms with Crippen molar-refractivity contribution in [3.8, 4) is 5.75 Å². The zero-order chi connectivity index (χ0) is 23.7. The number of fused-ring (bicyclic) bond motifs is 1. The third-order valence-corrected chi connectivity index (χ3v) is 7.54. The van der Waals surface area contributed by atoms with Crippen LogP contribution >= 0.6 is 22.9 Å². The minimum atomic E-state index is -3.78. The molecule has 3 N–H and O–H groups in total. The predicted molar refractivity (Wildman–Crippen MR) is 131 cm³/mol. The SMILES string of the molecule is NC1c2ccoc2N=CN1c1ccc(NS(=O)(=O)c2ccc(OCc3cnc(Cl)s3)cc2)cc1. The Morgan fingerprint density at radius 1 is 1.15 bits per heavy atom. The average molecular weight is 516 g/mol. The fourth-order valence-electron chi connectivity index (χ4n) is 3.34. The molecule has 1 unspecified atom stereocenters. The number of sulfonamides is 1. The first-order valence-corrected chi connectivity index (χ1v) is 12.7. The van der Waals surface area contributed by atoms with Crippen LogP contribution in [0, 0.1) is 0 Å². The zero-order valence-electron chi connectivity index (χ0n) is 17.5. The summed E-state index contributed by atoms with van der Waals surface area (Å²) in [6.45, 7) is 0.300. The first kappa shape index (κ1) is 22.4. The van der Waals surface area contributed by atoms with Gasteiger partial charge in [0.2, 0.25) is 5.88 Å². The molecule has 2 aromatic heterocycles. The van der Waals surface area contributed by atoms with Gasteiger partial charge >= 0.3 is 0 Å². The van der Waals surface area contributed by atoms with Crippen LogP contribution in [-0.4, -0.2) is 19.7 Å². The molecule has 174 valence electrons. The third kappa shape index (κ3) is 4.64. The molecule has 0 saturated heterocycles. The fraction of sp³-hybridized carbons (Fsp3) is 0.0909. The molecular weight excluding hydrogens is 498 g/mol. The number of benzene rings is 2. The van der Waals surface area contributed by atoms with Gasteiger partial charge in [-0.25, -0.2) is 18.4 Å². The number of aromatic nitrogens is 1. The van der Waals surface area contributed by atoms with Crippen molar-refractivity contribution in [1.29, 1.82) is 0 Å². The molecule has 0 fully saturated rings. The summed E-state index contributed by atoms with van der Waals surface area (Å²) in [7, 11) is -3.78. The van der Waals surface area contributed by atoms with Gasteiger partial charge < -0.3 is 19.8 Å². The summed E-state index contributed by atoms with van der Waals surface area (Å²) in [4.78, 5) is 11.0. The number of furan rings is 1. The number of anilines is 2. The van der Waals surface area contributed by atoms with Gasteiger partial charge in [-0.05, 0) is 54.6 Å². The molecular formula is C22H18ClN5O4S2. The van der Waals surface area contributed by atoms with Gasteiger partial charge in [-0.15, -0.1) is 11.3 Å². The van der Waals surface area contributed by atoms with Crippen LogP contribution in [0.1, 0.15) is 16.6 Å². The van der Waals surface area contributed by atoms with Crippen LogP contribution in [0.5, 0.6) is 5.75 Å². The maximum atomic E-state index is 12.8. The highest BCUT2D eigenvalue weighted by atomic mass is 35.5. The summed E-state index contributed by atoms with van der Waals surface area (Å²) in [6, 6.07) is 14.8. The Kier molecular flexibility index (Phi) is 6.00. The van der Waals surface area contributed by atoms with E-state index in [9.17, 15) is 8.42 Å². The van der Waals surface area contributed by atoms with E-state index in [0.717, 1.165) is 16.1 Å². The highest BCUT2D eigenvalue weighted by Gasteiger charge is 2.24. The zero-order valence-corrected chi connectivity index (χ0v) is 19.8. The molecule has 0 amide bonds. The van der Waals surface area contributed by atoms with Crippen LogP contribution in [0.15, 0.2) is 81.4 Å². The highest BCUT2D eigenvalue weighted by molar-refractivity contribution is 7.92. The predicted octanol–water partition coefficient (Wildman–Crippen LogP) is 4.91. The van der Waals surface area contributed by atoms with Crippen molar-refractivity contribution < 1.29 is 17.6 Å². The summed E-state index contributed by atoms with van der Waals surface area (Å²) < 4.78 is 39.6. The first-order chi connectivity index (χ1) is 16.4. The van der Waals surface area contributed by atoms with E-state index >= 15 is 0 Å². The molecule has 12 heteroatoms. The number of halogens is 1. The summed E-state index contributed by atoms with van der Waals surface area (Å²) in [5, 5.41) is 0. The van der Waals surface area contributed by atoms with Crippen LogP contribution < -0.4 is 20.1 Å². The second-order valence-electron chi connectivity index (χ2n) is 7.27. The number of hydrogen-bond donors (Lipinski definition) is 2. The van der Waals surface area contributed by atoms with E-state index in [-0.39, 0.29) is 4.90 Å². The number of nitrogens with zero attached hydrogens (tertiary/aromatic N) is 3. The lowest BCUT2D eigenvalue weighted by Crippen LogP contribution is -2.35. The van der Waals surface area contributed by atoms with Gasteiger partial charge in [-0.2, -0.15) is 0 Å². The van der Waals surface area contributed by atoms with Crippen LogP contribution in [0.25, 0.3) is 0 Å². The summed E-state index contributed by atoms with van der Waals surface area (Å²) in [5.74, 6) is 1.02. The topological polar surface area (TPSA) is 123 Å². The first-order valence-electron chi connectivity index (χ1n) is 10.0. The van der Waals surface area contributed by atoms with Crippen molar-refractivity contribution >= 4 is 56.6 Å². The van der Waals surface area contributed by atoms with E-state index in [4.69, 9.17) is 26.5 Å². The standard InChI is InChI=1S/C22H18ClN5O4S2/c23-22-25-11-17(33-22)12-32-16-5-7-18(8-6-16)34(29,30)27-14-1-3-15(4-2-14)28-13-26-21-19(20(28)24)9-10-31-21/h1-11,13,20,27H,12,24H2. The number of nitrogens with two attached hydrogens (primary N) is 1. The van der Waals surface area contributed by atoms with Crippen molar-refractivity contribution in [3.63, 3.8) is 0 Å². The summed E-state index contributed by atoms with van der Waals surface area (Å²) in [5.41, 5.74) is 8.24. The molecule has 9 nitrogen and oxygen atoms in total. The molecule has 5 rings (SSSR count). The Balaban J connectivity index is 1.24. The van der Waals surface area contributed by atoms with Crippen molar-refractivity contribution in [3.05, 3.63) is 82.0 Å². The van der Waals surface area contributed by atoms with Gasteiger partial charge in [0.15, 0.2) is 4.47 Å². The molecule has 0 aliphatic carbocycles. The normalized spacial score (nSPS) is 15.2. The van der Waals surface area contributed by atoms with Gasteiger partial charge in [-0.1, -0.05) is 11.6 Å². The molecule has 2 aromatic carbocycles. The number of nitrogens with one attached hydrogen (secondary N) is 1. The van der Waals surface area contributed by atoms with Crippen LogP contribution in [0.3, 0.4) is 0 Å². The maximum absolute atomic E-state index is 12.8. The van der Waals surface area contributed by atoms with Crippen molar-refractivity contribution in [2.75, 3.05) is 9.62 Å². The van der Waals surface area contributed by atoms with E-state index in [2.05, 4.69) is 14.7 Å². The highest BCUT2D eigenvalue weighted by Crippen LogP contribution is 2.34. The Hall–Kier alpha value is -3.38. The fourth-order valence-corrected chi connectivity index (χ4v) is 5.29. The minimum Gasteiger partial charge on any atom is -0.488 e. The number of aliphatic imine (C=N–C) groups is 1. The Bertz CT molecular complexity index is 1430. The molecule has 0 saturated carbocycles. The Morgan fingerprint density at radius 3 is 2.62 bits per heavy atom. The average Bonchev–Trinajstić information content (AvgIpc) is 3.48. The quantitative estimate of drug-likeness (QED) is 0.358. The van der Waals surface area contributed by atoms with E-state index in [1.165, 1.54) is 23.5 Å². The van der Waals surface area contributed by atoms with Gasteiger partial charge in [0.25, 0.3) is 10.0 Å². The second-order valence-corrected chi connectivity index (χ2v) is 10.6. The van der Waals surface area contributed by atoms with Gasteiger partial charge in [0.1, 0.15) is 24.9 Å². The lowest BCUT2D eigenvalue weighted by Gasteiger charge is -2.29. The maximum Gasteiger partial charge on any atom is 0.261 e.